The molecule has 0 unspecified atom stereocenters. The largest absolute Gasteiger partial charge is 0.397 e. The van der Waals surface area contributed by atoms with Crippen molar-refractivity contribution in [3.05, 3.63) is 35.0 Å². The Labute approximate surface area is 112 Å². The van der Waals surface area contributed by atoms with Gasteiger partial charge >= 0.3 is 0 Å². The molecule has 6 nitrogen and oxygen atoms in total. The maximum absolute atomic E-state index is 12.0. The molecule has 18 heavy (non-hydrogen) atoms. The lowest BCUT2D eigenvalue weighted by Crippen LogP contribution is -2.17. The normalized spacial score (nSPS) is 10.3. The van der Waals surface area contributed by atoms with E-state index in [0.717, 1.165) is 0 Å². The number of nitrogens with two attached hydrogens (primary N) is 1. The number of amides is 1. The van der Waals surface area contributed by atoms with Crippen molar-refractivity contribution in [3.8, 4) is 0 Å². The van der Waals surface area contributed by atoms with Crippen LogP contribution >= 0.6 is 15.9 Å². The highest BCUT2D eigenvalue weighted by atomic mass is 79.9. The van der Waals surface area contributed by atoms with Crippen LogP contribution in [0.25, 0.3) is 0 Å². The van der Waals surface area contributed by atoms with Gasteiger partial charge < -0.3 is 15.6 Å². The van der Waals surface area contributed by atoms with Gasteiger partial charge in [-0.15, -0.1) is 0 Å². The molecule has 7 heteroatoms. The quantitative estimate of drug-likeness (QED) is 0.906. The second-order valence-electron chi connectivity index (χ2n) is 3.62. The smallest absolute Gasteiger partial charge is 0.273 e. The van der Waals surface area contributed by atoms with Gasteiger partial charge in [0.15, 0.2) is 5.82 Å². The summed E-state index contributed by atoms with van der Waals surface area (Å²) in [4.78, 5) is 20.0. The molecule has 2 heterocycles. The maximum Gasteiger partial charge on any atom is 0.273 e. The van der Waals surface area contributed by atoms with E-state index in [4.69, 9.17) is 5.73 Å². The maximum atomic E-state index is 12.0. The summed E-state index contributed by atoms with van der Waals surface area (Å²) in [5, 5.41) is 2.66. The lowest BCUT2D eigenvalue weighted by Gasteiger charge is -2.06. The molecule has 2 aromatic heterocycles. The van der Waals surface area contributed by atoms with Crippen LogP contribution in [0.2, 0.25) is 0 Å². The minimum absolute atomic E-state index is 0.259. The van der Waals surface area contributed by atoms with Crippen LogP contribution in [0.5, 0.6) is 0 Å². The zero-order valence-corrected chi connectivity index (χ0v) is 11.3. The third kappa shape index (κ3) is 2.67. The van der Waals surface area contributed by atoms with E-state index in [-0.39, 0.29) is 5.91 Å². The average Bonchev–Trinajstić information content (AvgIpc) is 2.73. The van der Waals surface area contributed by atoms with Gasteiger partial charge in [-0.3, -0.25) is 4.79 Å². The Kier molecular flexibility index (Phi) is 3.61. The van der Waals surface area contributed by atoms with Gasteiger partial charge in [-0.05, 0) is 28.9 Å². The molecule has 0 aliphatic heterocycles. The van der Waals surface area contributed by atoms with Crippen LogP contribution in [0.15, 0.2) is 29.3 Å². The number of hydrogen-bond acceptors (Lipinski definition) is 4. The van der Waals surface area contributed by atoms with Gasteiger partial charge in [-0.1, -0.05) is 0 Å². The van der Waals surface area contributed by atoms with Crippen molar-refractivity contribution >= 4 is 33.3 Å². The van der Waals surface area contributed by atoms with E-state index in [1.807, 2.05) is 6.92 Å². The molecule has 0 saturated heterocycles. The van der Waals surface area contributed by atoms with Crippen LogP contribution in [-0.4, -0.2) is 20.4 Å². The minimum Gasteiger partial charge on any atom is -0.397 e. The lowest BCUT2D eigenvalue weighted by molar-refractivity contribution is 0.101. The van der Waals surface area contributed by atoms with E-state index in [0.29, 0.717) is 28.3 Å². The Hall–Kier alpha value is -1.89. The first-order chi connectivity index (χ1) is 8.60. The van der Waals surface area contributed by atoms with Crippen molar-refractivity contribution < 1.29 is 4.79 Å². The molecule has 0 aliphatic carbocycles. The molecule has 2 rings (SSSR count). The highest BCUT2D eigenvalue weighted by Crippen LogP contribution is 2.13. The first-order valence-electron chi connectivity index (χ1n) is 5.34. The Morgan fingerprint density at radius 1 is 1.50 bits per heavy atom. The number of carbonyl (C=O) groups excluding carboxylic acids is 1. The molecule has 0 radical (unpaired) electrons. The molecule has 0 spiro atoms. The number of rotatable bonds is 3. The van der Waals surface area contributed by atoms with Crippen molar-refractivity contribution in [2.45, 2.75) is 13.5 Å². The van der Waals surface area contributed by atoms with Gasteiger partial charge in [0.25, 0.3) is 5.91 Å². The summed E-state index contributed by atoms with van der Waals surface area (Å²) in [5.74, 6) is 0.135. The Morgan fingerprint density at radius 2 is 2.28 bits per heavy atom. The first kappa shape index (κ1) is 12.6. The molecular formula is C11H12BrN5O. The van der Waals surface area contributed by atoms with E-state index in [2.05, 4.69) is 31.2 Å². The van der Waals surface area contributed by atoms with Gasteiger partial charge in [-0.2, -0.15) is 0 Å². The SMILES string of the molecule is CCn1cc(N)cc1C(=O)Nc1cnc(Br)cn1. The van der Waals surface area contributed by atoms with Crippen LogP contribution in [-0.2, 0) is 6.54 Å². The Balaban J connectivity index is 2.19. The summed E-state index contributed by atoms with van der Waals surface area (Å²) >= 11 is 3.18. The van der Waals surface area contributed by atoms with Gasteiger partial charge in [0.2, 0.25) is 0 Å². The van der Waals surface area contributed by atoms with Gasteiger partial charge in [0, 0.05) is 12.7 Å². The van der Waals surface area contributed by atoms with Crippen molar-refractivity contribution in [1.82, 2.24) is 14.5 Å². The van der Waals surface area contributed by atoms with E-state index in [1.54, 1.807) is 16.8 Å². The fourth-order valence-electron chi connectivity index (χ4n) is 1.54. The van der Waals surface area contributed by atoms with Crippen LogP contribution in [0.1, 0.15) is 17.4 Å². The number of nitrogen functional groups attached to an aromatic ring is 1. The molecule has 0 aromatic carbocycles. The number of halogens is 1. The predicted octanol–water partition coefficient (Wildman–Crippen LogP) is 1.89. The fourth-order valence-corrected chi connectivity index (χ4v) is 1.75. The standard InChI is InChI=1S/C11H12BrN5O/c1-2-17-6-7(13)3-8(17)11(18)16-10-5-14-9(12)4-15-10/h3-6H,2,13H2,1H3,(H,15,16,18). The highest BCUT2D eigenvalue weighted by Gasteiger charge is 2.12. The predicted molar refractivity (Wildman–Crippen MR) is 72.2 cm³/mol. The molecule has 94 valence electrons. The highest BCUT2D eigenvalue weighted by molar-refractivity contribution is 9.10. The first-order valence-corrected chi connectivity index (χ1v) is 6.14. The number of aryl methyl sites for hydroxylation is 1. The molecule has 0 fully saturated rings. The molecular weight excluding hydrogens is 298 g/mol. The van der Waals surface area contributed by atoms with Gasteiger partial charge in [-0.25, -0.2) is 9.97 Å². The average molecular weight is 310 g/mol. The van der Waals surface area contributed by atoms with Gasteiger partial charge in [0.1, 0.15) is 10.3 Å². The third-order valence-electron chi connectivity index (χ3n) is 2.35. The monoisotopic (exact) mass is 309 g/mol. The zero-order chi connectivity index (χ0) is 13.1. The van der Waals surface area contributed by atoms with Crippen molar-refractivity contribution in [3.63, 3.8) is 0 Å². The molecule has 2 aromatic rings. The minimum atomic E-state index is -0.259. The van der Waals surface area contributed by atoms with E-state index < -0.39 is 0 Å². The van der Waals surface area contributed by atoms with Crippen molar-refractivity contribution in [1.29, 1.82) is 0 Å². The summed E-state index contributed by atoms with van der Waals surface area (Å²) in [6.45, 7) is 2.61. The second-order valence-corrected chi connectivity index (χ2v) is 4.44. The Bertz CT molecular complexity index is 563. The molecule has 0 aliphatic rings. The zero-order valence-electron chi connectivity index (χ0n) is 9.72. The van der Waals surface area contributed by atoms with Crippen LogP contribution in [0.3, 0.4) is 0 Å². The van der Waals surface area contributed by atoms with E-state index in [1.165, 1.54) is 12.4 Å². The summed E-state index contributed by atoms with van der Waals surface area (Å²) in [6.07, 6.45) is 4.72. The van der Waals surface area contributed by atoms with E-state index in [9.17, 15) is 4.79 Å². The lowest BCUT2D eigenvalue weighted by atomic mass is 10.4. The summed E-state index contributed by atoms with van der Waals surface area (Å²) in [7, 11) is 0. The number of nitrogens with one attached hydrogen (secondary N) is 1. The fraction of sp³-hybridized carbons (Fsp3) is 0.182. The van der Waals surface area contributed by atoms with Crippen LogP contribution in [0, 0.1) is 0 Å². The topological polar surface area (TPSA) is 85.8 Å². The molecule has 1 amide bonds. The van der Waals surface area contributed by atoms with Crippen molar-refractivity contribution in [2.24, 2.45) is 0 Å². The second kappa shape index (κ2) is 5.18. The summed E-state index contributed by atoms with van der Waals surface area (Å²) in [6, 6.07) is 1.63. The molecule has 3 N–H and O–H groups in total. The molecule has 0 atom stereocenters. The summed E-state index contributed by atoms with van der Waals surface area (Å²) < 4.78 is 2.39. The number of anilines is 2. The van der Waals surface area contributed by atoms with Crippen LogP contribution < -0.4 is 11.1 Å². The Morgan fingerprint density at radius 3 is 2.89 bits per heavy atom. The summed E-state index contributed by atoms with van der Waals surface area (Å²) in [5.41, 5.74) is 6.73. The number of carbonyl (C=O) groups is 1. The molecule has 0 bridgehead atoms. The van der Waals surface area contributed by atoms with Crippen LogP contribution in [0.4, 0.5) is 11.5 Å². The number of nitrogens with zero attached hydrogens (tertiary/aromatic N) is 3. The molecule has 0 saturated carbocycles. The number of aromatic nitrogens is 3. The van der Waals surface area contributed by atoms with Gasteiger partial charge in [0.05, 0.1) is 18.1 Å². The third-order valence-corrected chi connectivity index (χ3v) is 2.76. The van der Waals surface area contributed by atoms with Crippen molar-refractivity contribution in [2.75, 3.05) is 11.1 Å². The number of hydrogen-bond donors (Lipinski definition) is 2. The van der Waals surface area contributed by atoms with E-state index >= 15 is 0 Å².